The van der Waals surface area contributed by atoms with E-state index in [9.17, 15) is 14.4 Å². The Morgan fingerprint density at radius 1 is 1.00 bits per heavy atom. The molecule has 0 aliphatic carbocycles. The van der Waals surface area contributed by atoms with E-state index in [4.69, 9.17) is 0 Å². The molecule has 4 atom stereocenters. The number of nitrogens with zero attached hydrogens (tertiary/aromatic N) is 2. The molecule has 6 rings (SSSR count). The van der Waals surface area contributed by atoms with E-state index in [0.717, 1.165) is 16.8 Å². The number of ketones is 2. The first kappa shape index (κ1) is 22.4. The lowest BCUT2D eigenvalue weighted by Crippen LogP contribution is -2.51. The van der Waals surface area contributed by atoms with Crippen LogP contribution in [0.2, 0.25) is 0 Å². The SMILES string of the molecule is CC(C)(C)C(=O)[C@@H]1[C@@H](C(=O)c2cccnc2)[C@]2(C(=O)Nc3ccccc32)[C@H]2C=Cc3ccccc3N12. The molecular formula is C30H27N3O3. The fourth-order valence-corrected chi connectivity index (χ4v) is 6.25. The highest BCUT2D eigenvalue weighted by molar-refractivity contribution is 6.17. The van der Waals surface area contributed by atoms with Gasteiger partial charge in [-0.3, -0.25) is 19.4 Å². The van der Waals surface area contributed by atoms with Crippen LogP contribution in [-0.4, -0.2) is 34.5 Å². The van der Waals surface area contributed by atoms with Crippen LogP contribution in [0.5, 0.6) is 0 Å². The number of anilines is 2. The van der Waals surface area contributed by atoms with Gasteiger partial charge in [0.15, 0.2) is 11.6 Å². The van der Waals surface area contributed by atoms with Gasteiger partial charge < -0.3 is 10.2 Å². The first-order valence-electron chi connectivity index (χ1n) is 12.2. The van der Waals surface area contributed by atoms with E-state index in [1.54, 1.807) is 18.3 Å². The maximum atomic E-state index is 14.4. The van der Waals surface area contributed by atoms with Gasteiger partial charge in [-0.05, 0) is 35.4 Å². The number of benzene rings is 2. The van der Waals surface area contributed by atoms with Crippen molar-refractivity contribution in [2.75, 3.05) is 10.2 Å². The third-order valence-corrected chi connectivity index (χ3v) is 7.78. The number of amides is 1. The standard InChI is InChI=1S/C30H27N3O3/c1-29(2,3)27(35)25-24(26(34)19-10-8-16-31-17-19)30(20-11-5-6-12-21(20)32-28(30)36)23-15-14-18-9-4-7-13-22(18)33(23)25/h4-17,23-25H,1-3H3,(H,32,36)/t23-,24+,25+,30-/m1/s1. The number of para-hydroxylation sites is 2. The number of carbonyl (C=O) groups excluding carboxylic acids is 3. The van der Waals surface area contributed by atoms with Crippen LogP contribution in [0.4, 0.5) is 11.4 Å². The molecule has 3 aliphatic rings. The third kappa shape index (κ3) is 2.90. The molecule has 6 heteroatoms. The Hall–Kier alpha value is -4.06. The van der Waals surface area contributed by atoms with Gasteiger partial charge in [0.25, 0.3) is 0 Å². The van der Waals surface area contributed by atoms with E-state index < -0.39 is 28.8 Å². The Labute approximate surface area is 210 Å². The molecule has 3 aromatic rings. The maximum Gasteiger partial charge on any atom is 0.238 e. The van der Waals surface area contributed by atoms with Crippen LogP contribution in [0.15, 0.2) is 79.1 Å². The van der Waals surface area contributed by atoms with Crippen molar-refractivity contribution in [2.45, 2.75) is 38.3 Å². The summed E-state index contributed by atoms with van der Waals surface area (Å²) in [6.45, 7) is 5.61. The Kier molecular flexibility index (Phi) is 4.80. The van der Waals surface area contributed by atoms with Gasteiger partial charge in [0.1, 0.15) is 11.5 Å². The lowest BCUT2D eigenvalue weighted by molar-refractivity contribution is -0.128. The molecule has 2 aromatic carbocycles. The van der Waals surface area contributed by atoms with Gasteiger partial charge in [-0.15, -0.1) is 0 Å². The van der Waals surface area contributed by atoms with E-state index in [0.29, 0.717) is 11.3 Å². The van der Waals surface area contributed by atoms with Crippen molar-refractivity contribution < 1.29 is 14.4 Å². The maximum absolute atomic E-state index is 14.4. The number of rotatable bonds is 3. The van der Waals surface area contributed by atoms with Crippen LogP contribution in [0, 0.1) is 11.3 Å². The normalized spacial score (nSPS) is 25.8. The second kappa shape index (κ2) is 7.72. The summed E-state index contributed by atoms with van der Waals surface area (Å²) in [6.07, 6.45) is 7.12. The van der Waals surface area contributed by atoms with Crippen molar-refractivity contribution in [3.05, 3.63) is 95.8 Å². The molecule has 1 aromatic heterocycles. The first-order valence-corrected chi connectivity index (χ1v) is 12.2. The Bertz CT molecular complexity index is 1440. The van der Waals surface area contributed by atoms with Gasteiger partial charge in [0.2, 0.25) is 5.91 Å². The molecule has 180 valence electrons. The molecule has 6 nitrogen and oxygen atoms in total. The van der Waals surface area contributed by atoms with Gasteiger partial charge >= 0.3 is 0 Å². The molecule has 1 N–H and O–H groups in total. The predicted octanol–water partition coefficient (Wildman–Crippen LogP) is 4.67. The smallest absolute Gasteiger partial charge is 0.238 e. The molecule has 36 heavy (non-hydrogen) atoms. The zero-order valence-electron chi connectivity index (χ0n) is 20.4. The van der Waals surface area contributed by atoms with Crippen molar-refractivity contribution in [2.24, 2.45) is 11.3 Å². The van der Waals surface area contributed by atoms with Crippen molar-refractivity contribution >= 4 is 34.9 Å². The molecule has 1 amide bonds. The minimum absolute atomic E-state index is 0.0751. The van der Waals surface area contributed by atoms with Gasteiger partial charge in [-0.2, -0.15) is 0 Å². The summed E-state index contributed by atoms with van der Waals surface area (Å²) in [7, 11) is 0. The summed E-state index contributed by atoms with van der Waals surface area (Å²) in [5.41, 5.74) is 1.62. The number of hydrogen-bond donors (Lipinski definition) is 1. The van der Waals surface area contributed by atoms with Crippen LogP contribution in [-0.2, 0) is 15.0 Å². The van der Waals surface area contributed by atoms with Crippen molar-refractivity contribution in [1.82, 2.24) is 4.98 Å². The van der Waals surface area contributed by atoms with E-state index in [1.807, 2.05) is 86.4 Å². The van der Waals surface area contributed by atoms with E-state index in [2.05, 4.69) is 10.3 Å². The molecule has 0 bridgehead atoms. The van der Waals surface area contributed by atoms with Crippen LogP contribution >= 0.6 is 0 Å². The molecule has 0 radical (unpaired) electrons. The molecule has 1 saturated heterocycles. The molecule has 0 saturated carbocycles. The number of Topliss-reactive ketones (excluding diaryl/α,β-unsaturated/α-hetero) is 2. The molecule has 4 heterocycles. The van der Waals surface area contributed by atoms with Gasteiger partial charge in [-0.1, -0.05) is 69.3 Å². The minimum Gasteiger partial charge on any atom is -0.352 e. The Morgan fingerprint density at radius 3 is 2.50 bits per heavy atom. The number of carbonyl (C=O) groups is 3. The van der Waals surface area contributed by atoms with E-state index in [-0.39, 0.29) is 17.5 Å². The summed E-state index contributed by atoms with van der Waals surface area (Å²) < 4.78 is 0. The molecule has 0 unspecified atom stereocenters. The van der Waals surface area contributed by atoms with Crippen molar-refractivity contribution in [3.8, 4) is 0 Å². The second-order valence-corrected chi connectivity index (χ2v) is 10.8. The minimum atomic E-state index is -1.28. The lowest BCUT2D eigenvalue weighted by Gasteiger charge is -2.38. The van der Waals surface area contributed by atoms with Crippen LogP contribution in [0.3, 0.4) is 0 Å². The Morgan fingerprint density at radius 2 is 1.75 bits per heavy atom. The quantitative estimate of drug-likeness (QED) is 0.555. The number of fused-ring (bicyclic) bond motifs is 6. The summed E-state index contributed by atoms with van der Waals surface area (Å²) >= 11 is 0. The summed E-state index contributed by atoms with van der Waals surface area (Å²) in [4.78, 5) is 49.0. The summed E-state index contributed by atoms with van der Waals surface area (Å²) in [5, 5.41) is 3.04. The Balaban J connectivity index is 1.69. The number of pyridine rings is 1. The molecule has 1 spiro atoms. The largest absolute Gasteiger partial charge is 0.352 e. The van der Waals surface area contributed by atoms with E-state index in [1.165, 1.54) is 6.20 Å². The highest BCUT2D eigenvalue weighted by atomic mass is 16.2. The van der Waals surface area contributed by atoms with Crippen molar-refractivity contribution in [1.29, 1.82) is 0 Å². The molecule has 1 fully saturated rings. The molecular weight excluding hydrogens is 450 g/mol. The molecule has 3 aliphatic heterocycles. The summed E-state index contributed by atoms with van der Waals surface area (Å²) in [6, 6.07) is 17.4. The van der Waals surface area contributed by atoms with Gasteiger partial charge in [0.05, 0.1) is 12.0 Å². The third-order valence-electron chi connectivity index (χ3n) is 7.78. The zero-order chi connectivity index (χ0) is 25.2. The monoisotopic (exact) mass is 477 g/mol. The fraction of sp³-hybridized carbons (Fsp3) is 0.267. The van der Waals surface area contributed by atoms with Crippen LogP contribution < -0.4 is 10.2 Å². The van der Waals surface area contributed by atoms with Gasteiger partial charge in [-0.25, -0.2) is 0 Å². The predicted molar refractivity (Wildman–Crippen MR) is 139 cm³/mol. The van der Waals surface area contributed by atoms with Crippen molar-refractivity contribution in [3.63, 3.8) is 0 Å². The van der Waals surface area contributed by atoms with Crippen LogP contribution in [0.1, 0.15) is 42.3 Å². The highest BCUT2D eigenvalue weighted by Gasteiger charge is 2.70. The summed E-state index contributed by atoms with van der Waals surface area (Å²) in [5.74, 6) is -1.53. The number of hydrogen-bond acceptors (Lipinski definition) is 5. The van der Waals surface area contributed by atoms with Gasteiger partial charge in [0, 0.05) is 34.7 Å². The zero-order valence-corrected chi connectivity index (χ0v) is 20.4. The first-order chi connectivity index (χ1) is 17.3. The fourth-order valence-electron chi connectivity index (χ4n) is 6.25. The lowest BCUT2D eigenvalue weighted by atomic mass is 9.63. The number of nitrogens with one attached hydrogen (secondary N) is 1. The van der Waals surface area contributed by atoms with E-state index >= 15 is 0 Å². The highest BCUT2D eigenvalue weighted by Crippen LogP contribution is 2.58. The van der Waals surface area contributed by atoms with Crippen LogP contribution in [0.25, 0.3) is 6.08 Å². The topological polar surface area (TPSA) is 79.4 Å². The number of aromatic nitrogens is 1. The second-order valence-electron chi connectivity index (χ2n) is 10.8. The average molecular weight is 478 g/mol. The average Bonchev–Trinajstić information content (AvgIpc) is 3.36.